The second kappa shape index (κ2) is 4.41. The number of aromatic amines is 1. The van der Waals surface area contributed by atoms with Crippen LogP contribution in [0, 0.1) is 6.92 Å². The van der Waals surface area contributed by atoms with Crippen LogP contribution < -0.4 is 11.3 Å². The second-order valence-corrected chi connectivity index (χ2v) is 4.77. The number of H-pyrrole nitrogens is 1. The van der Waals surface area contributed by atoms with Crippen LogP contribution >= 0.6 is 0 Å². The summed E-state index contributed by atoms with van der Waals surface area (Å²) < 4.78 is 1.56. The highest BCUT2D eigenvalue weighted by molar-refractivity contribution is 5.88. The van der Waals surface area contributed by atoms with Crippen LogP contribution in [-0.4, -0.2) is 19.9 Å². The summed E-state index contributed by atoms with van der Waals surface area (Å²) in [5, 5.41) is 14.0. The molecule has 2 heterocycles. The van der Waals surface area contributed by atoms with Crippen LogP contribution in [0.3, 0.4) is 0 Å². The van der Waals surface area contributed by atoms with Crippen molar-refractivity contribution in [3.8, 4) is 5.88 Å². The molecule has 102 valence electrons. The Morgan fingerprint density at radius 2 is 2.05 bits per heavy atom. The molecule has 3 aromatic rings. The number of benzene rings is 1. The average Bonchev–Trinajstić information content (AvgIpc) is 2.69. The van der Waals surface area contributed by atoms with Gasteiger partial charge in [-0.15, -0.1) is 0 Å². The summed E-state index contributed by atoms with van der Waals surface area (Å²) in [6.07, 6.45) is 0. The lowest BCUT2D eigenvalue weighted by Crippen LogP contribution is -2.09. The summed E-state index contributed by atoms with van der Waals surface area (Å²) in [7, 11) is 0. The van der Waals surface area contributed by atoms with Crippen LogP contribution in [0.4, 0.5) is 5.82 Å². The number of rotatable bonds is 2. The van der Waals surface area contributed by atoms with Crippen molar-refractivity contribution in [2.75, 3.05) is 5.73 Å². The third-order valence-electron chi connectivity index (χ3n) is 3.21. The molecule has 0 aliphatic carbocycles. The minimum absolute atomic E-state index is 0.220. The zero-order chi connectivity index (χ0) is 14.3. The number of aromatic hydroxyl groups is 1. The van der Waals surface area contributed by atoms with Crippen molar-refractivity contribution >= 4 is 16.7 Å². The van der Waals surface area contributed by atoms with Crippen molar-refractivity contribution in [2.24, 2.45) is 0 Å². The maximum absolute atomic E-state index is 11.8. The van der Waals surface area contributed by atoms with Gasteiger partial charge in [-0.2, -0.15) is 5.10 Å². The summed E-state index contributed by atoms with van der Waals surface area (Å²) in [6.45, 7) is 2.49. The lowest BCUT2D eigenvalue weighted by atomic mass is 10.1. The zero-order valence-electron chi connectivity index (χ0n) is 10.9. The van der Waals surface area contributed by atoms with Gasteiger partial charge in [-0.3, -0.25) is 9.78 Å². The van der Waals surface area contributed by atoms with Gasteiger partial charge in [-0.25, -0.2) is 4.68 Å². The molecule has 20 heavy (non-hydrogen) atoms. The SMILES string of the molecule is Cc1ccc(Cn2nc3cc(O)[nH]c(=O)c3c2N)cc1. The van der Waals surface area contributed by atoms with Crippen LogP contribution in [0.1, 0.15) is 11.1 Å². The van der Waals surface area contributed by atoms with E-state index in [1.165, 1.54) is 11.6 Å². The van der Waals surface area contributed by atoms with Crippen LogP contribution in [-0.2, 0) is 6.54 Å². The highest BCUT2D eigenvalue weighted by Gasteiger charge is 2.13. The third-order valence-corrected chi connectivity index (χ3v) is 3.21. The van der Waals surface area contributed by atoms with E-state index in [0.29, 0.717) is 23.3 Å². The van der Waals surface area contributed by atoms with E-state index in [-0.39, 0.29) is 5.88 Å². The number of aryl methyl sites for hydroxylation is 1. The quantitative estimate of drug-likeness (QED) is 0.655. The number of nitrogens with two attached hydrogens (primary N) is 1. The van der Waals surface area contributed by atoms with Gasteiger partial charge in [0.15, 0.2) is 5.88 Å². The molecule has 0 spiro atoms. The van der Waals surface area contributed by atoms with Crippen molar-refractivity contribution < 1.29 is 5.11 Å². The molecular formula is C14H14N4O2. The number of nitrogen functional groups attached to an aromatic ring is 1. The Bertz CT molecular complexity index is 831. The van der Waals surface area contributed by atoms with E-state index >= 15 is 0 Å². The lowest BCUT2D eigenvalue weighted by Gasteiger charge is -2.04. The number of pyridine rings is 1. The molecule has 0 saturated carbocycles. The molecule has 0 amide bonds. The number of nitrogens with zero attached hydrogens (tertiary/aromatic N) is 2. The zero-order valence-corrected chi connectivity index (χ0v) is 10.9. The van der Waals surface area contributed by atoms with Crippen LogP contribution in [0.5, 0.6) is 5.88 Å². The van der Waals surface area contributed by atoms with E-state index < -0.39 is 5.56 Å². The molecule has 0 atom stereocenters. The Balaban J connectivity index is 2.08. The van der Waals surface area contributed by atoms with Gasteiger partial charge >= 0.3 is 0 Å². The Kier molecular flexibility index (Phi) is 2.71. The summed E-state index contributed by atoms with van der Waals surface area (Å²) in [5.74, 6) is 0.0734. The Morgan fingerprint density at radius 1 is 1.35 bits per heavy atom. The van der Waals surface area contributed by atoms with Crippen molar-refractivity contribution in [1.82, 2.24) is 14.8 Å². The predicted molar refractivity (Wildman–Crippen MR) is 76.7 cm³/mol. The van der Waals surface area contributed by atoms with Crippen LogP contribution in [0.2, 0.25) is 0 Å². The molecule has 0 radical (unpaired) electrons. The Labute approximate surface area is 114 Å². The molecule has 6 nitrogen and oxygen atoms in total. The second-order valence-electron chi connectivity index (χ2n) is 4.77. The van der Waals surface area contributed by atoms with E-state index in [2.05, 4.69) is 10.1 Å². The van der Waals surface area contributed by atoms with Crippen molar-refractivity contribution in [2.45, 2.75) is 13.5 Å². The normalized spacial score (nSPS) is 11.1. The smallest absolute Gasteiger partial charge is 0.263 e. The minimum Gasteiger partial charge on any atom is -0.494 e. The molecule has 3 rings (SSSR count). The molecule has 0 fully saturated rings. The Hall–Kier alpha value is -2.76. The van der Waals surface area contributed by atoms with Crippen molar-refractivity contribution in [1.29, 1.82) is 0 Å². The van der Waals surface area contributed by atoms with Crippen LogP contribution in [0.15, 0.2) is 35.1 Å². The van der Waals surface area contributed by atoms with Gasteiger partial charge < -0.3 is 10.8 Å². The largest absolute Gasteiger partial charge is 0.494 e. The molecule has 6 heteroatoms. The molecule has 0 bridgehead atoms. The summed E-state index contributed by atoms with van der Waals surface area (Å²) in [6, 6.07) is 9.38. The monoisotopic (exact) mass is 270 g/mol. The minimum atomic E-state index is -0.437. The fraction of sp³-hybridized carbons (Fsp3) is 0.143. The van der Waals surface area contributed by atoms with E-state index in [1.54, 1.807) is 4.68 Å². The third kappa shape index (κ3) is 2.01. The number of fused-ring (bicyclic) bond motifs is 1. The van der Waals surface area contributed by atoms with Gasteiger partial charge in [0, 0.05) is 6.07 Å². The Morgan fingerprint density at radius 3 is 2.75 bits per heavy atom. The maximum atomic E-state index is 11.8. The van der Waals surface area contributed by atoms with Gasteiger partial charge in [0.25, 0.3) is 5.56 Å². The fourth-order valence-electron chi connectivity index (χ4n) is 2.16. The van der Waals surface area contributed by atoms with Crippen molar-refractivity contribution in [3.63, 3.8) is 0 Å². The number of nitrogens with one attached hydrogen (secondary N) is 1. The van der Waals surface area contributed by atoms with Crippen molar-refractivity contribution in [3.05, 3.63) is 51.8 Å². The van der Waals surface area contributed by atoms with E-state index in [1.807, 2.05) is 31.2 Å². The van der Waals surface area contributed by atoms with Gasteiger partial charge in [0.05, 0.1) is 6.54 Å². The molecular weight excluding hydrogens is 256 g/mol. The number of hydrogen-bond donors (Lipinski definition) is 3. The summed E-state index contributed by atoms with van der Waals surface area (Å²) in [4.78, 5) is 14.1. The highest BCUT2D eigenvalue weighted by Crippen LogP contribution is 2.20. The maximum Gasteiger partial charge on any atom is 0.263 e. The number of anilines is 1. The summed E-state index contributed by atoms with van der Waals surface area (Å²) in [5.41, 5.74) is 8.13. The average molecular weight is 270 g/mol. The van der Waals surface area contributed by atoms with Gasteiger partial charge in [0.2, 0.25) is 0 Å². The molecule has 0 unspecified atom stereocenters. The highest BCUT2D eigenvalue weighted by atomic mass is 16.3. The van der Waals surface area contributed by atoms with Gasteiger partial charge in [-0.05, 0) is 12.5 Å². The topological polar surface area (TPSA) is 96.9 Å². The standard InChI is InChI=1S/C14H14N4O2/c1-8-2-4-9(5-3-8)7-18-13(15)12-10(17-18)6-11(19)16-14(12)20/h2-6,19H,7,15H2,1H3,(H,16,20). The van der Waals surface area contributed by atoms with E-state index in [9.17, 15) is 9.90 Å². The first-order chi connectivity index (χ1) is 9.54. The van der Waals surface area contributed by atoms with Gasteiger partial charge in [-0.1, -0.05) is 29.8 Å². The molecule has 0 saturated heterocycles. The first-order valence-corrected chi connectivity index (χ1v) is 6.18. The number of aromatic nitrogens is 3. The first-order valence-electron chi connectivity index (χ1n) is 6.18. The lowest BCUT2D eigenvalue weighted by molar-refractivity contribution is 0.453. The molecule has 2 aromatic heterocycles. The van der Waals surface area contributed by atoms with E-state index in [0.717, 1.165) is 5.56 Å². The van der Waals surface area contributed by atoms with Gasteiger partial charge in [0.1, 0.15) is 16.7 Å². The molecule has 0 aliphatic rings. The summed E-state index contributed by atoms with van der Waals surface area (Å²) >= 11 is 0. The van der Waals surface area contributed by atoms with Crippen LogP contribution in [0.25, 0.3) is 10.9 Å². The van der Waals surface area contributed by atoms with E-state index in [4.69, 9.17) is 5.73 Å². The molecule has 0 aliphatic heterocycles. The molecule has 4 N–H and O–H groups in total. The fourth-order valence-corrected chi connectivity index (χ4v) is 2.16. The molecule has 1 aromatic carbocycles. The predicted octanol–water partition coefficient (Wildman–Crippen LogP) is 1.37. The first kappa shape index (κ1) is 12.3. The number of hydrogen-bond acceptors (Lipinski definition) is 4.